The summed E-state index contributed by atoms with van der Waals surface area (Å²) in [6.07, 6.45) is 1.01. The van der Waals surface area contributed by atoms with Crippen LogP contribution in [0.1, 0.15) is 10.4 Å². The second kappa shape index (κ2) is 5.69. The molecule has 23 heavy (non-hydrogen) atoms. The van der Waals surface area contributed by atoms with E-state index in [1.807, 2.05) is 0 Å². The number of hydrogen-bond acceptors (Lipinski definition) is 5. The Morgan fingerprint density at radius 2 is 2.04 bits per heavy atom. The standard InChI is InChI=1S/C15H7ClFNO5/c16-12-5-8(17)1-3-10(12)15(19)23-9-2-4-14-11(6-9)13(7-22-14)18(20)21/h1-7H. The normalized spacial score (nSPS) is 10.7. The zero-order valence-electron chi connectivity index (χ0n) is 11.3. The van der Waals surface area contributed by atoms with Crippen molar-refractivity contribution in [2.75, 3.05) is 0 Å². The van der Waals surface area contributed by atoms with Crippen LogP contribution in [-0.4, -0.2) is 10.9 Å². The number of nitrogens with zero attached hydrogens (tertiary/aromatic N) is 1. The summed E-state index contributed by atoms with van der Waals surface area (Å²) in [6, 6.07) is 7.43. The van der Waals surface area contributed by atoms with Gasteiger partial charge in [-0.05, 0) is 36.4 Å². The van der Waals surface area contributed by atoms with E-state index < -0.39 is 16.7 Å². The van der Waals surface area contributed by atoms with Crippen LogP contribution >= 0.6 is 11.6 Å². The van der Waals surface area contributed by atoms with Gasteiger partial charge in [0.25, 0.3) is 0 Å². The lowest BCUT2D eigenvalue weighted by Crippen LogP contribution is -2.09. The molecule has 0 aliphatic heterocycles. The second-order valence-corrected chi connectivity index (χ2v) is 4.96. The lowest BCUT2D eigenvalue weighted by Gasteiger charge is -2.05. The molecule has 0 radical (unpaired) electrons. The maximum Gasteiger partial charge on any atom is 0.345 e. The summed E-state index contributed by atoms with van der Waals surface area (Å²) in [5, 5.41) is 11.0. The highest BCUT2D eigenvalue weighted by molar-refractivity contribution is 6.33. The number of rotatable bonds is 3. The molecule has 0 amide bonds. The van der Waals surface area contributed by atoms with E-state index in [9.17, 15) is 19.3 Å². The first kappa shape index (κ1) is 15.0. The molecule has 0 N–H and O–H groups in total. The highest BCUT2D eigenvalue weighted by Crippen LogP contribution is 2.31. The zero-order valence-corrected chi connectivity index (χ0v) is 12.0. The number of benzene rings is 2. The average molecular weight is 336 g/mol. The van der Waals surface area contributed by atoms with Crippen LogP contribution in [0, 0.1) is 15.9 Å². The largest absolute Gasteiger partial charge is 0.457 e. The van der Waals surface area contributed by atoms with Crippen LogP contribution in [0.25, 0.3) is 11.0 Å². The number of ether oxygens (including phenoxy) is 1. The Hall–Kier alpha value is -2.93. The van der Waals surface area contributed by atoms with Crippen molar-refractivity contribution in [1.82, 2.24) is 0 Å². The summed E-state index contributed by atoms with van der Waals surface area (Å²) in [5.41, 5.74) is 0.0314. The summed E-state index contributed by atoms with van der Waals surface area (Å²) in [6.45, 7) is 0. The van der Waals surface area contributed by atoms with E-state index in [1.54, 1.807) is 0 Å². The zero-order chi connectivity index (χ0) is 16.6. The molecule has 0 saturated carbocycles. The summed E-state index contributed by atoms with van der Waals surface area (Å²) in [4.78, 5) is 22.3. The van der Waals surface area contributed by atoms with Crippen LogP contribution in [0.4, 0.5) is 10.1 Å². The first-order valence-electron chi connectivity index (χ1n) is 6.28. The summed E-state index contributed by atoms with van der Waals surface area (Å²) in [7, 11) is 0. The number of furan rings is 1. The Labute approximate surface area is 133 Å². The second-order valence-electron chi connectivity index (χ2n) is 4.55. The van der Waals surface area contributed by atoms with E-state index in [4.69, 9.17) is 20.8 Å². The van der Waals surface area contributed by atoms with Crippen LogP contribution in [-0.2, 0) is 0 Å². The molecule has 116 valence electrons. The van der Waals surface area contributed by atoms with E-state index in [0.29, 0.717) is 0 Å². The van der Waals surface area contributed by atoms with Gasteiger partial charge in [0.1, 0.15) is 22.5 Å². The fourth-order valence-electron chi connectivity index (χ4n) is 2.02. The van der Waals surface area contributed by atoms with Crippen LogP contribution in [0.2, 0.25) is 5.02 Å². The SMILES string of the molecule is O=C(Oc1ccc2occ([N+](=O)[O-])c2c1)c1ccc(F)cc1Cl. The van der Waals surface area contributed by atoms with Crippen molar-refractivity contribution in [1.29, 1.82) is 0 Å². The lowest BCUT2D eigenvalue weighted by atomic mass is 10.2. The van der Waals surface area contributed by atoms with Crippen molar-refractivity contribution >= 4 is 34.2 Å². The van der Waals surface area contributed by atoms with E-state index in [2.05, 4.69) is 0 Å². The minimum atomic E-state index is -0.805. The van der Waals surface area contributed by atoms with Gasteiger partial charge in [0.15, 0.2) is 6.26 Å². The molecule has 3 rings (SSSR count). The molecular weight excluding hydrogens is 329 g/mol. The monoisotopic (exact) mass is 335 g/mol. The minimum absolute atomic E-state index is 0.0187. The summed E-state index contributed by atoms with van der Waals surface area (Å²) >= 11 is 5.79. The fraction of sp³-hybridized carbons (Fsp3) is 0. The molecule has 0 aliphatic carbocycles. The molecule has 0 bridgehead atoms. The minimum Gasteiger partial charge on any atom is -0.457 e. The van der Waals surface area contributed by atoms with Gasteiger partial charge in [-0.1, -0.05) is 11.6 Å². The van der Waals surface area contributed by atoms with Crippen LogP contribution in [0.3, 0.4) is 0 Å². The maximum atomic E-state index is 13.0. The van der Waals surface area contributed by atoms with Crippen molar-refractivity contribution in [2.24, 2.45) is 0 Å². The van der Waals surface area contributed by atoms with Crippen LogP contribution in [0.5, 0.6) is 5.75 Å². The Morgan fingerprint density at radius 1 is 1.26 bits per heavy atom. The first-order valence-corrected chi connectivity index (χ1v) is 6.66. The third kappa shape index (κ3) is 2.86. The number of esters is 1. The molecule has 6 nitrogen and oxygen atoms in total. The third-order valence-corrected chi connectivity index (χ3v) is 3.40. The number of nitro groups is 1. The highest BCUT2D eigenvalue weighted by Gasteiger charge is 2.18. The molecule has 0 fully saturated rings. The van der Waals surface area contributed by atoms with Crippen molar-refractivity contribution in [3.8, 4) is 5.75 Å². The van der Waals surface area contributed by atoms with E-state index in [1.165, 1.54) is 24.3 Å². The number of fused-ring (bicyclic) bond motifs is 1. The quantitative estimate of drug-likeness (QED) is 0.307. The molecule has 1 heterocycles. The van der Waals surface area contributed by atoms with Gasteiger partial charge in [-0.25, -0.2) is 9.18 Å². The Bertz CT molecular complexity index is 937. The number of carbonyl (C=O) groups is 1. The molecule has 8 heteroatoms. The van der Waals surface area contributed by atoms with E-state index in [0.717, 1.165) is 18.4 Å². The van der Waals surface area contributed by atoms with Crippen LogP contribution in [0.15, 0.2) is 47.1 Å². The first-order chi connectivity index (χ1) is 11.0. The maximum absolute atomic E-state index is 13.0. The van der Waals surface area contributed by atoms with Gasteiger partial charge in [-0.3, -0.25) is 10.1 Å². The molecular formula is C15H7ClFNO5. The molecule has 0 saturated heterocycles. The molecule has 0 atom stereocenters. The molecule has 1 aromatic heterocycles. The van der Waals surface area contributed by atoms with Gasteiger partial charge in [-0.15, -0.1) is 0 Å². The van der Waals surface area contributed by atoms with E-state index >= 15 is 0 Å². The number of halogens is 2. The van der Waals surface area contributed by atoms with Crippen LogP contribution < -0.4 is 4.74 Å². The van der Waals surface area contributed by atoms with Crippen molar-refractivity contribution < 1.29 is 23.3 Å². The molecule has 0 spiro atoms. The van der Waals surface area contributed by atoms with Gasteiger partial charge >= 0.3 is 11.7 Å². The smallest absolute Gasteiger partial charge is 0.345 e. The van der Waals surface area contributed by atoms with Gasteiger partial charge in [0.2, 0.25) is 0 Å². The van der Waals surface area contributed by atoms with Crippen molar-refractivity contribution in [3.05, 3.63) is 69.2 Å². The van der Waals surface area contributed by atoms with Crippen molar-refractivity contribution in [2.45, 2.75) is 0 Å². The molecule has 0 aliphatic rings. The summed E-state index contributed by atoms with van der Waals surface area (Å²) < 4.78 is 23.2. The van der Waals surface area contributed by atoms with Gasteiger partial charge in [0, 0.05) is 0 Å². The molecule has 3 aromatic rings. The topological polar surface area (TPSA) is 82.6 Å². The van der Waals surface area contributed by atoms with E-state index in [-0.39, 0.29) is 33.0 Å². The Balaban J connectivity index is 1.93. The number of carbonyl (C=O) groups excluding carboxylic acids is 1. The Kier molecular flexibility index (Phi) is 3.71. The van der Waals surface area contributed by atoms with Crippen molar-refractivity contribution in [3.63, 3.8) is 0 Å². The Morgan fingerprint density at radius 3 is 2.74 bits per heavy atom. The predicted molar refractivity (Wildman–Crippen MR) is 79.2 cm³/mol. The molecule has 0 unspecified atom stereocenters. The van der Waals surface area contributed by atoms with Gasteiger partial charge < -0.3 is 9.15 Å². The fourth-order valence-corrected chi connectivity index (χ4v) is 2.26. The van der Waals surface area contributed by atoms with Gasteiger partial charge in [-0.2, -0.15) is 0 Å². The molecule has 2 aromatic carbocycles. The summed E-state index contributed by atoms with van der Waals surface area (Å²) in [5.74, 6) is -1.31. The average Bonchev–Trinajstić information content (AvgIpc) is 2.90. The third-order valence-electron chi connectivity index (χ3n) is 3.08. The number of hydrogen-bond donors (Lipinski definition) is 0. The predicted octanol–water partition coefficient (Wildman–Crippen LogP) is 4.35. The van der Waals surface area contributed by atoms with Gasteiger partial charge in [0.05, 0.1) is 15.5 Å². The lowest BCUT2D eigenvalue weighted by molar-refractivity contribution is -0.383. The highest BCUT2D eigenvalue weighted by atomic mass is 35.5.